The summed E-state index contributed by atoms with van der Waals surface area (Å²) in [4.78, 5) is 14.5. The summed E-state index contributed by atoms with van der Waals surface area (Å²) in [5, 5.41) is 3.36. The van der Waals surface area contributed by atoms with Crippen LogP contribution in [0, 0.1) is 23.5 Å². The Morgan fingerprint density at radius 2 is 1.60 bits per heavy atom. The van der Waals surface area contributed by atoms with Crippen molar-refractivity contribution in [1.29, 1.82) is 0 Å². The fraction of sp³-hybridized carbons (Fsp3) is 0.316. The van der Waals surface area contributed by atoms with Crippen LogP contribution in [0.25, 0.3) is 0 Å². The third-order valence-electron chi connectivity index (χ3n) is 4.90. The molecule has 25 heavy (non-hydrogen) atoms. The van der Waals surface area contributed by atoms with E-state index in [2.05, 4.69) is 5.32 Å². The number of likely N-dealkylation sites (tertiary alicyclic amines) is 1. The molecule has 0 aromatic heterocycles. The first kappa shape index (κ1) is 16.0. The van der Waals surface area contributed by atoms with Crippen LogP contribution in [-0.2, 0) is 0 Å². The topological polar surface area (TPSA) is 41.6 Å². The molecule has 0 unspecified atom stereocenters. The smallest absolute Gasteiger partial charge is 0.253 e. The van der Waals surface area contributed by atoms with Crippen LogP contribution < -0.4 is 10.1 Å². The van der Waals surface area contributed by atoms with Gasteiger partial charge in [-0.05, 0) is 48.2 Å². The zero-order chi connectivity index (χ0) is 17.4. The van der Waals surface area contributed by atoms with Crippen molar-refractivity contribution in [1.82, 2.24) is 10.2 Å². The van der Waals surface area contributed by atoms with Crippen LogP contribution in [0.4, 0.5) is 8.78 Å². The van der Waals surface area contributed by atoms with Crippen molar-refractivity contribution in [2.45, 2.75) is 0 Å². The van der Waals surface area contributed by atoms with Crippen LogP contribution in [-0.4, -0.2) is 37.0 Å². The predicted octanol–water partition coefficient (Wildman–Crippen LogP) is 3.05. The fourth-order valence-electron chi connectivity index (χ4n) is 3.55. The SMILES string of the molecule is O=C(c1ccc(Oc2ccc(F)c(F)c2)cc1)N1C[C@H]2CNC[C@H]2C1. The monoisotopic (exact) mass is 344 g/mol. The van der Waals surface area contributed by atoms with E-state index in [0.29, 0.717) is 23.1 Å². The molecule has 0 aliphatic carbocycles. The highest BCUT2D eigenvalue weighted by molar-refractivity contribution is 5.94. The van der Waals surface area contributed by atoms with E-state index in [1.54, 1.807) is 24.3 Å². The summed E-state index contributed by atoms with van der Waals surface area (Å²) >= 11 is 0. The molecule has 6 heteroatoms. The highest BCUT2D eigenvalue weighted by atomic mass is 19.2. The van der Waals surface area contributed by atoms with Gasteiger partial charge in [-0.25, -0.2) is 8.78 Å². The molecule has 2 aromatic rings. The summed E-state index contributed by atoms with van der Waals surface area (Å²) < 4.78 is 31.6. The number of rotatable bonds is 3. The molecule has 2 aliphatic rings. The highest BCUT2D eigenvalue weighted by Crippen LogP contribution is 2.28. The maximum Gasteiger partial charge on any atom is 0.253 e. The van der Waals surface area contributed by atoms with E-state index >= 15 is 0 Å². The van der Waals surface area contributed by atoms with E-state index < -0.39 is 11.6 Å². The number of nitrogens with one attached hydrogen (secondary N) is 1. The van der Waals surface area contributed by atoms with Crippen LogP contribution in [0.2, 0.25) is 0 Å². The lowest BCUT2D eigenvalue weighted by Crippen LogP contribution is -2.31. The first-order chi connectivity index (χ1) is 12.1. The third-order valence-corrected chi connectivity index (χ3v) is 4.90. The zero-order valence-electron chi connectivity index (χ0n) is 13.5. The van der Waals surface area contributed by atoms with Crippen molar-refractivity contribution in [3.8, 4) is 11.5 Å². The Balaban J connectivity index is 1.43. The van der Waals surface area contributed by atoms with Crippen molar-refractivity contribution in [3.05, 3.63) is 59.7 Å². The number of benzene rings is 2. The molecule has 0 bridgehead atoms. The Labute approximate surface area is 144 Å². The van der Waals surface area contributed by atoms with Gasteiger partial charge in [0, 0.05) is 37.8 Å². The number of carbonyl (C=O) groups excluding carboxylic acids is 1. The Kier molecular flexibility index (Phi) is 4.13. The Bertz CT molecular complexity index is 783. The van der Waals surface area contributed by atoms with Crippen LogP contribution in [0.3, 0.4) is 0 Å². The summed E-state index contributed by atoms with van der Waals surface area (Å²) in [7, 11) is 0. The molecule has 2 atom stereocenters. The number of carbonyl (C=O) groups is 1. The average molecular weight is 344 g/mol. The lowest BCUT2D eigenvalue weighted by Gasteiger charge is -2.17. The maximum atomic E-state index is 13.2. The van der Waals surface area contributed by atoms with Crippen molar-refractivity contribution >= 4 is 5.91 Å². The van der Waals surface area contributed by atoms with Crippen molar-refractivity contribution < 1.29 is 18.3 Å². The summed E-state index contributed by atoms with van der Waals surface area (Å²) in [6, 6.07) is 10.1. The molecule has 1 amide bonds. The molecule has 2 heterocycles. The minimum Gasteiger partial charge on any atom is -0.457 e. The summed E-state index contributed by atoms with van der Waals surface area (Å²) in [6.07, 6.45) is 0. The molecule has 0 saturated carbocycles. The molecule has 4 nitrogen and oxygen atoms in total. The molecule has 0 radical (unpaired) electrons. The number of hydrogen-bond acceptors (Lipinski definition) is 3. The molecule has 2 fully saturated rings. The molecular weight excluding hydrogens is 326 g/mol. The minimum absolute atomic E-state index is 0.0220. The van der Waals surface area contributed by atoms with Crippen LogP contribution in [0.1, 0.15) is 10.4 Å². The van der Waals surface area contributed by atoms with Gasteiger partial charge in [-0.15, -0.1) is 0 Å². The predicted molar refractivity (Wildman–Crippen MR) is 88.6 cm³/mol. The quantitative estimate of drug-likeness (QED) is 0.931. The van der Waals surface area contributed by atoms with Gasteiger partial charge in [0.1, 0.15) is 11.5 Å². The largest absolute Gasteiger partial charge is 0.457 e. The number of ether oxygens (including phenoxy) is 1. The zero-order valence-corrected chi connectivity index (χ0v) is 13.5. The fourth-order valence-corrected chi connectivity index (χ4v) is 3.55. The van der Waals surface area contributed by atoms with Gasteiger partial charge < -0.3 is 15.0 Å². The van der Waals surface area contributed by atoms with Gasteiger partial charge >= 0.3 is 0 Å². The Hall–Kier alpha value is -2.47. The molecule has 2 saturated heterocycles. The highest BCUT2D eigenvalue weighted by Gasteiger charge is 2.38. The summed E-state index contributed by atoms with van der Waals surface area (Å²) in [6.45, 7) is 3.55. The molecule has 4 rings (SSSR count). The number of fused-ring (bicyclic) bond motifs is 1. The van der Waals surface area contributed by atoms with E-state index in [0.717, 1.165) is 38.3 Å². The second kappa shape index (κ2) is 6.44. The van der Waals surface area contributed by atoms with Gasteiger partial charge in [-0.2, -0.15) is 0 Å². The van der Waals surface area contributed by atoms with Crippen molar-refractivity contribution in [2.75, 3.05) is 26.2 Å². The van der Waals surface area contributed by atoms with Crippen LogP contribution >= 0.6 is 0 Å². The van der Waals surface area contributed by atoms with Crippen LogP contribution in [0.15, 0.2) is 42.5 Å². The minimum atomic E-state index is -0.960. The Morgan fingerprint density at radius 3 is 2.24 bits per heavy atom. The van der Waals surface area contributed by atoms with Gasteiger partial charge in [0.2, 0.25) is 0 Å². The van der Waals surface area contributed by atoms with E-state index in [-0.39, 0.29) is 11.7 Å². The molecule has 130 valence electrons. The van der Waals surface area contributed by atoms with Gasteiger partial charge in [0.15, 0.2) is 11.6 Å². The molecule has 2 aromatic carbocycles. The number of hydrogen-bond donors (Lipinski definition) is 1. The van der Waals surface area contributed by atoms with E-state index in [4.69, 9.17) is 4.74 Å². The molecule has 1 N–H and O–H groups in total. The number of halogens is 2. The molecule has 2 aliphatic heterocycles. The standard InChI is InChI=1S/C19H18F2N2O2/c20-17-6-5-16(7-18(17)21)25-15-3-1-12(2-4-15)19(24)23-10-13-8-22-9-14(13)11-23/h1-7,13-14,22H,8-11H2/t13-,14+. The summed E-state index contributed by atoms with van der Waals surface area (Å²) in [5.41, 5.74) is 0.602. The molecule has 0 spiro atoms. The maximum absolute atomic E-state index is 13.2. The van der Waals surface area contributed by atoms with Gasteiger partial charge in [-0.1, -0.05) is 0 Å². The van der Waals surface area contributed by atoms with Crippen LogP contribution in [0.5, 0.6) is 11.5 Å². The lowest BCUT2D eigenvalue weighted by molar-refractivity contribution is 0.0781. The summed E-state index contributed by atoms with van der Waals surface area (Å²) in [5.74, 6) is -0.0752. The van der Waals surface area contributed by atoms with Gasteiger partial charge in [0.05, 0.1) is 0 Å². The van der Waals surface area contributed by atoms with E-state index in [1.165, 1.54) is 6.07 Å². The lowest BCUT2D eigenvalue weighted by atomic mass is 10.0. The van der Waals surface area contributed by atoms with Gasteiger partial charge in [-0.3, -0.25) is 4.79 Å². The first-order valence-corrected chi connectivity index (χ1v) is 8.33. The average Bonchev–Trinajstić information content (AvgIpc) is 3.20. The normalized spacial score (nSPS) is 22.1. The third kappa shape index (κ3) is 3.22. The first-order valence-electron chi connectivity index (χ1n) is 8.33. The Morgan fingerprint density at radius 1 is 0.960 bits per heavy atom. The molecular formula is C19H18F2N2O2. The van der Waals surface area contributed by atoms with E-state index in [9.17, 15) is 13.6 Å². The second-order valence-corrected chi connectivity index (χ2v) is 6.59. The van der Waals surface area contributed by atoms with Gasteiger partial charge in [0.25, 0.3) is 5.91 Å². The number of nitrogens with zero attached hydrogens (tertiary/aromatic N) is 1. The van der Waals surface area contributed by atoms with Crippen molar-refractivity contribution in [2.24, 2.45) is 11.8 Å². The van der Waals surface area contributed by atoms with Crippen molar-refractivity contribution in [3.63, 3.8) is 0 Å². The van der Waals surface area contributed by atoms with E-state index in [1.807, 2.05) is 4.90 Å². The number of amides is 1. The second-order valence-electron chi connectivity index (χ2n) is 6.59.